The number of hydrogen-bond donors (Lipinski definition) is 0. The Morgan fingerprint density at radius 3 is 3.19 bits per heavy atom. The molecule has 0 N–H and O–H groups in total. The van der Waals surface area contributed by atoms with Gasteiger partial charge in [-0.05, 0) is 19.1 Å². The highest BCUT2D eigenvalue weighted by molar-refractivity contribution is 6.36. The molecule has 2 heterocycles. The molecule has 5 nitrogen and oxygen atoms in total. The number of ether oxygens (including phenoxy) is 1. The monoisotopic (exact) mass is 220 g/mol. The van der Waals surface area contributed by atoms with Gasteiger partial charge in [-0.3, -0.25) is 4.98 Å². The molecule has 1 aromatic rings. The summed E-state index contributed by atoms with van der Waals surface area (Å²) in [5.41, 5.74) is 1.09. The van der Waals surface area contributed by atoms with E-state index in [1.807, 2.05) is 18.2 Å². The van der Waals surface area contributed by atoms with Gasteiger partial charge in [0, 0.05) is 12.6 Å². The maximum Gasteiger partial charge on any atom is 0.356 e. The van der Waals surface area contributed by atoms with Gasteiger partial charge >= 0.3 is 5.97 Å². The number of aromatic nitrogens is 1. The van der Waals surface area contributed by atoms with Gasteiger partial charge in [0.05, 0.1) is 12.3 Å². The molecule has 16 heavy (non-hydrogen) atoms. The molecule has 0 radical (unpaired) electrons. The van der Waals surface area contributed by atoms with Crippen molar-refractivity contribution in [2.45, 2.75) is 19.4 Å². The van der Waals surface area contributed by atoms with Gasteiger partial charge in [0.25, 0.3) is 0 Å². The van der Waals surface area contributed by atoms with E-state index in [0.717, 1.165) is 5.69 Å². The highest BCUT2D eigenvalue weighted by atomic mass is 16.6. The standard InChI is InChI=1S/C11H12N2O3/c1-2-15-11(14)9-7-10(16-13-9)8-5-3-4-6-12-8/h3-6,10H,2,7H2,1H3/t10-/m0/s1. The van der Waals surface area contributed by atoms with Crippen LogP contribution in [0, 0.1) is 0 Å². The predicted octanol–water partition coefficient (Wildman–Crippen LogP) is 1.46. The molecule has 0 unspecified atom stereocenters. The maximum atomic E-state index is 11.4. The van der Waals surface area contributed by atoms with E-state index in [2.05, 4.69) is 10.1 Å². The molecule has 2 rings (SSSR count). The number of esters is 1. The maximum absolute atomic E-state index is 11.4. The number of carbonyl (C=O) groups excluding carboxylic acids is 1. The van der Waals surface area contributed by atoms with Gasteiger partial charge in [-0.1, -0.05) is 11.2 Å². The molecule has 0 spiro atoms. The fraction of sp³-hybridized carbons (Fsp3) is 0.364. The van der Waals surface area contributed by atoms with Crippen LogP contribution in [0.4, 0.5) is 0 Å². The Kier molecular flexibility index (Phi) is 3.14. The molecular formula is C11H12N2O3. The van der Waals surface area contributed by atoms with Crippen molar-refractivity contribution < 1.29 is 14.4 Å². The smallest absolute Gasteiger partial charge is 0.356 e. The predicted molar refractivity (Wildman–Crippen MR) is 56.7 cm³/mol. The number of carbonyl (C=O) groups is 1. The zero-order valence-electron chi connectivity index (χ0n) is 8.92. The molecule has 5 heteroatoms. The van der Waals surface area contributed by atoms with Crippen LogP contribution in [0.1, 0.15) is 25.1 Å². The summed E-state index contributed by atoms with van der Waals surface area (Å²) in [7, 11) is 0. The van der Waals surface area contributed by atoms with Crippen LogP contribution in [0.5, 0.6) is 0 Å². The van der Waals surface area contributed by atoms with Gasteiger partial charge in [-0.25, -0.2) is 4.79 Å². The Hall–Kier alpha value is -1.91. The van der Waals surface area contributed by atoms with Crippen LogP contribution in [-0.4, -0.2) is 23.3 Å². The van der Waals surface area contributed by atoms with Crippen LogP contribution >= 0.6 is 0 Å². The molecule has 1 aliphatic rings. The Balaban J connectivity index is 1.99. The number of rotatable bonds is 3. The van der Waals surface area contributed by atoms with Crippen LogP contribution in [-0.2, 0) is 14.4 Å². The van der Waals surface area contributed by atoms with Crippen LogP contribution in [0.3, 0.4) is 0 Å². The molecule has 0 saturated carbocycles. The summed E-state index contributed by atoms with van der Waals surface area (Å²) in [5.74, 6) is -0.416. The van der Waals surface area contributed by atoms with E-state index in [4.69, 9.17) is 9.57 Å². The summed E-state index contributed by atoms with van der Waals surface area (Å²) in [6.07, 6.45) is 1.82. The van der Waals surface area contributed by atoms with Crippen LogP contribution in [0.2, 0.25) is 0 Å². The van der Waals surface area contributed by atoms with E-state index >= 15 is 0 Å². The fourth-order valence-corrected chi connectivity index (χ4v) is 1.44. The summed E-state index contributed by atoms with van der Waals surface area (Å²) in [5, 5.41) is 3.71. The average molecular weight is 220 g/mol. The fourth-order valence-electron chi connectivity index (χ4n) is 1.44. The SMILES string of the molecule is CCOC(=O)C1=NO[C@H](c2ccccn2)C1. The third-order valence-electron chi connectivity index (χ3n) is 2.20. The lowest BCUT2D eigenvalue weighted by molar-refractivity contribution is -0.135. The summed E-state index contributed by atoms with van der Waals surface area (Å²) in [6, 6.07) is 5.54. The van der Waals surface area contributed by atoms with Gasteiger partial charge in [0.2, 0.25) is 0 Å². The minimum atomic E-state index is -0.416. The molecule has 0 saturated heterocycles. The topological polar surface area (TPSA) is 60.8 Å². The van der Waals surface area contributed by atoms with Crippen molar-refractivity contribution in [3.05, 3.63) is 30.1 Å². The first-order valence-corrected chi connectivity index (χ1v) is 5.12. The highest BCUT2D eigenvalue weighted by Gasteiger charge is 2.28. The molecule has 0 fully saturated rings. The molecule has 0 bridgehead atoms. The van der Waals surface area contributed by atoms with E-state index in [1.165, 1.54) is 0 Å². The lowest BCUT2D eigenvalue weighted by Crippen LogP contribution is -2.16. The molecule has 1 aliphatic heterocycles. The molecule has 0 amide bonds. The van der Waals surface area contributed by atoms with Crippen molar-refractivity contribution in [3.8, 4) is 0 Å². The highest BCUT2D eigenvalue weighted by Crippen LogP contribution is 2.25. The normalized spacial score (nSPS) is 18.8. The summed E-state index contributed by atoms with van der Waals surface area (Å²) in [6.45, 7) is 2.09. The van der Waals surface area contributed by atoms with E-state index in [9.17, 15) is 4.79 Å². The van der Waals surface area contributed by atoms with E-state index in [1.54, 1.807) is 13.1 Å². The Labute approximate surface area is 93.1 Å². The Morgan fingerprint density at radius 2 is 2.50 bits per heavy atom. The number of hydrogen-bond acceptors (Lipinski definition) is 5. The lowest BCUT2D eigenvalue weighted by atomic mass is 10.1. The second-order valence-electron chi connectivity index (χ2n) is 3.31. The minimum absolute atomic E-state index is 0.277. The van der Waals surface area contributed by atoms with Crippen molar-refractivity contribution >= 4 is 11.7 Å². The number of oxime groups is 1. The molecule has 0 aliphatic carbocycles. The lowest BCUT2D eigenvalue weighted by Gasteiger charge is -2.05. The third-order valence-corrected chi connectivity index (χ3v) is 2.20. The van der Waals surface area contributed by atoms with Gasteiger partial charge in [-0.15, -0.1) is 0 Å². The summed E-state index contributed by atoms with van der Waals surface area (Å²) in [4.78, 5) is 20.7. The van der Waals surface area contributed by atoms with Crippen LogP contribution < -0.4 is 0 Å². The first-order valence-electron chi connectivity index (χ1n) is 5.12. The first-order chi connectivity index (χ1) is 7.81. The van der Waals surface area contributed by atoms with E-state index < -0.39 is 5.97 Å². The summed E-state index contributed by atoms with van der Waals surface area (Å²) >= 11 is 0. The third kappa shape index (κ3) is 2.18. The van der Waals surface area contributed by atoms with Gasteiger partial charge in [0.1, 0.15) is 0 Å². The van der Waals surface area contributed by atoms with Gasteiger partial charge < -0.3 is 9.57 Å². The van der Waals surface area contributed by atoms with Crippen molar-refractivity contribution in [2.75, 3.05) is 6.61 Å². The van der Waals surface area contributed by atoms with E-state index in [-0.39, 0.29) is 6.10 Å². The molecule has 1 atom stereocenters. The van der Waals surface area contributed by atoms with Crippen LogP contribution in [0.15, 0.2) is 29.6 Å². The zero-order valence-corrected chi connectivity index (χ0v) is 8.92. The van der Waals surface area contributed by atoms with Gasteiger partial charge in [-0.2, -0.15) is 0 Å². The second kappa shape index (κ2) is 4.74. The quantitative estimate of drug-likeness (QED) is 0.723. The van der Waals surface area contributed by atoms with Crippen LogP contribution in [0.25, 0.3) is 0 Å². The molecular weight excluding hydrogens is 208 g/mol. The minimum Gasteiger partial charge on any atom is -0.461 e. The largest absolute Gasteiger partial charge is 0.461 e. The van der Waals surface area contributed by atoms with Crippen molar-refractivity contribution in [2.24, 2.45) is 5.16 Å². The average Bonchev–Trinajstić information content (AvgIpc) is 2.80. The Morgan fingerprint density at radius 1 is 1.62 bits per heavy atom. The van der Waals surface area contributed by atoms with Crippen molar-refractivity contribution in [3.63, 3.8) is 0 Å². The first kappa shape index (κ1) is 10.6. The molecule has 0 aromatic carbocycles. The van der Waals surface area contributed by atoms with Crippen molar-refractivity contribution in [1.82, 2.24) is 4.98 Å². The van der Waals surface area contributed by atoms with E-state index in [0.29, 0.717) is 18.7 Å². The Bertz CT molecular complexity index is 403. The molecule has 1 aromatic heterocycles. The number of pyridine rings is 1. The number of nitrogens with zero attached hydrogens (tertiary/aromatic N) is 2. The van der Waals surface area contributed by atoms with Gasteiger partial charge in [0.15, 0.2) is 11.8 Å². The van der Waals surface area contributed by atoms with Crippen molar-refractivity contribution in [1.29, 1.82) is 0 Å². The zero-order chi connectivity index (χ0) is 11.4. The summed E-state index contributed by atoms with van der Waals surface area (Å²) < 4.78 is 4.84. The second-order valence-corrected chi connectivity index (χ2v) is 3.31. The molecule has 84 valence electrons.